The van der Waals surface area contributed by atoms with E-state index >= 15 is 0 Å². The first-order valence-electron chi connectivity index (χ1n) is 11.0. The number of benzene rings is 1. The highest BCUT2D eigenvalue weighted by molar-refractivity contribution is 9.10. The van der Waals surface area contributed by atoms with Crippen LogP contribution in [0.15, 0.2) is 38.7 Å². The third-order valence-corrected chi connectivity index (χ3v) is 9.75. The highest BCUT2D eigenvalue weighted by Gasteiger charge is 2.35. The number of piperidine rings is 1. The number of hydrogen-bond acceptors (Lipinski definition) is 6. The fraction of sp³-hybridized carbons (Fsp3) is 0.435. The summed E-state index contributed by atoms with van der Waals surface area (Å²) >= 11 is 4.60. The molecule has 1 aliphatic rings. The standard InChI is InChI=1S/C23H27BrN4O4S2/c1-13-5-6-18(17(24)8-13)26-19(29)11-27-12-25-22-20(23(27)30)21(16(4)33-22)34(31,32)28-9-14(2)7-15(3)10-28/h5-6,8,12,14-15H,7,9-11H2,1-4H3,(H,26,29)/t14-,15-/m1/s1. The second-order valence-corrected chi connectivity index (χ2v) is 13.1. The molecular formula is C23H27BrN4O4S2. The highest BCUT2D eigenvalue weighted by atomic mass is 79.9. The lowest BCUT2D eigenvalue weighted by atomic mass is 9.94. The van der Waals surface area contributed by atoms with Crippen LogP contribution in [0.25, 0.3) is 10.2 Å². The first-order valence-corrected chi connectivity index (χ1v) is 14.1. The molecule has 0 aliphatic carbocycles. The summed E-state index contributed by atoms with van der Waals surface area (Å²) in [5.74, 6) is 0.0643. The molecule has 2 aromatic heterocycles. The summed E-state index contributed by atoms with van der Waals surface area (Å²) in [6, 6.07) is 5.52. The molecule has 0 spiro atoms. The van der Waals surface area contributed by atoms with Gasteiger partial charge in [0.05, 0.1) is 17.4 Å². The van der Waals surface area contributed by atoms with E-state index in [9.17, 15) is 18.0 Å². The van der Waals surface area contributed by atoms with E-state index in [4.69, 9.17) is 0 Å². The number of hydrogen-bond donors (Lipinski definition) is 1. The number of amides is 1. The van der Waals surface area contributed by atoms with Crippen LogP contribution in [0.5, 0.6) is 0 Å². The number of thiophene rings is 1. The summed E-state index contributed by atoms with van der Waals surface area (Å²) in [5.41, 5.74) is 1.08. The summed E-state index contributed by atoms with van der Waals surface area (Å²) in [4.78, 5) is 31.3. The van der Waals surface area contributed by atoms with E-state index < -0.39 is 21.5 Å². The Hall–Kier alpha value is -2.08. The van der Waals surface area contributed by atoms with E-state index in [1.54, 1.807) is 13.0 Å². The summed E-state index contributed by atoms with van der Waals surface area (Å²) in [6.45, 7) is 8.27. The van der Waals surface area contributed by atoms with Crippen molar-refractivity contribution < 1.29 is 13.2 Å². The lowest BCUT2D eigenvalue weighted by Gasteiger charge is -2.34. The van der Waals surface area contributed by atoms with Gasteiger partial charge < -0.3 is 5.32 Å². The van der Waals surface area contributed by atoms with E-state index in [1.165, 1.54) is 22.0 Å². The van der Waals surface area contributed by atoms with E-state index in [1.807, 2.05) is 32.9 Å². The van der Waals surface area contributed by atoms with Crippen LogP contribution in [0, 0.1) is 25.7 Å². The molecule has 0 saturated carbocycles. The van der Waals surface area contributed by atoms with Gasteiger partial charge in [-0.2, -0.15) is 4.31 Å². The molecule has 11 heteroatoms. The average molecular weight is 568 g/mol. The molecule has 0 radical (unpaired) electrons. The second-order valence-electron chi connectivity index (χ2n) is 9.14. The number of aryl methyl sites for hydroxylation is 2. The average Bonchev–Trinajstić information content (AvgIpc) is 3.09. The summed E-state index contributed by atoms with van der Waals surface area (Å²) in [7, 11) is -3.88. The lowest BCUT2D eigenvalue weighted by molar-refractivity contribution is -0.116. The molecule has 1 N–H and O–H groups in total. The van der Waals surface area contributed by atoms with Crippen LogP contribution < -0.4 is 10.9 Å². The fourth-order valence-electron chi connectivity index (χ4n) is 4.53. The van der Waals surface area contributed by atoms with Gasteiger partial charge in [0.2, 0.25) is 15.9 Å². The SMILES string of the molecule is Cc1ccc(NC(=O)Cn2cnc3sc(C)c(S(=O)(=O)N4C[C@H](C)C[C@@H](C)C4)c3c2=O)c(Br)c1. The number of nitrogens with zero attached hydrogens (tertiary/aromatic N) is 3. The third-order valence-electron chi connectivity index (χ3n) is 5.95. The van der Waals surface area contributed by atoms with Gasteiger partial charge in [-0.3, -0.25) is 14.2 Å². The number of nitrogens with one attached hydrogen (secondary N) is 1. The zero-order valence-electron chi connectivity index (χ0n) is 19.5. The number of carbonyl (C=O) groups is 1. The minimum Gasteiger partial charge on any atom is -0.324 e. The van der Waals surface area contributed by atoms with Crippen LogP contribution in [0.3, 0.4) is 0 Å². The third kappa shape index (κ3) is 4.84. The Morgan fingerprint density at radius 3 is 2.56 bits per heavy atom. The van der Waals surface area contributed by atoms with Gasteiger partial charge in [-0.05, 0) is 65.7 Å². The molecule has 8 nitrogen and oxygen atoms in total. The number of fused-ring (bicyclic) bond motifs is 1. The van der Waals surface area contributed by atoms with E-state index in [0.29, 0.717) is 28.5 Å². The largest absolute Gasteiger partial charge is 0.324 e. The number of aromatic nitrogens is 2. The van der Waals surface area contributed by atoms with Gasteiger partial charge in [0.1, 0.15) is 16.3 Å². The molecule has 1 amide bonds. The number of carbonyl (C=O) groups excluding carboxylic acids is 1. The molecule has 182 valence electrons. The Balaban J connectivity index is 1.69. The molecule has 3 aromatic rings. The van der Waals surface area contributed by atoms with E-state index in [0.717, 1.165) is 21.0 Å². The second kappa shape index (κ2) is 9.52. The Bertz CT molecular complexity index is 1420. The van der Waals surface area contributed by atoms with Crippen LogP contribution in [-0.2, 0) is 21.4 Å². The van der Waals surface area contributed by atoms with Crippen molar-refractivity contribution in [2.75, 3.05) is 18.4 Å². The minimum absolute atomic E-state index is 0.0161. The first-order chi connectivity index (χ1) is 16.0. The summed E-state index contributed by atoms with van der Waals surface area (Å²) in [6.07, 6.45) is 2.27. The predicted molar refractivity (Wildman–Crippen MR) is 138 cm³/mol. The number of halogens is 1. The predicted octanol–water partition coefficient (Wildman–Crippen LogP) is 4.14. The summed E-state index contributed by atoms with van der Waals surface area (Å²) < 4.78 is 30.7. The van der Waals surface area contributed by atoms with Gasteiger partial charge in [-0.15, -0.1) is 11.3 Å². The van der Waals surface area contributed by atoms with Crippen LogP contribution >= 0.6 is 27.3 Å². The van der Waals surface area contributed by atoms with Gasteiger partial charge in [0.25, 0.3) is 5.56 Å². The van der Waals surface area contributed by atoms with Crippen molar-refractivity contribution in [1.82, 2.24) is 13.9 Å². The molecule has 3 heterocycles. The van der Waals surface area contributed by atoms with Crippen molar-refractivity contribution in [2.45, 2.75) is 45.6 Å². The maximum Gasteiger partial charge on any atom is 0.263 e. The Morgan fingerprint density at radius 2 is 1.91 bits per heavy atom. The van der Waals surface area contributed by atoms with Gasteiger partial charge in [-0.1, -0.05) is 19.9 Å². The lowest BCUT2D eigenvalue weighted by Crippen LogP contribution is -2.42. The zero-order valence-corrected chi connectivity index (χ0v) is 22.7. The minimum atomic E-state index is -3.88. The number of sulfonamides is 1. The molecule has 2 atom stereocenters. The maximum absolute atomic E-state index is 13.6. The number of rotatable bonds is 5. The van der Waals surface area contributed by atoms with Crippen LogP contribution in [0.4, 0.5) is 5.69 Å². The van der Waals surface area contributed by atoms with Crippen molar-refractivity contribution in [3.8, 4) is 0 Å². The van der Waals surface area contributed by atoms with Crippen molar-refractivity contribution in [3.05, 3.63) is 49.8 Å². The molecule has 1 aliphatic heterocycles. The van der Waals surface area contributed by atoms with Crippen molar-refractivity contribution in [3.63, 3.8) is 0 Å². The Kier molecular flexibility index (Phi) is 7.01. The normalized spacial score (nSPS) is 19.4. The molecule has 1 aromatic carbocycles. The van der Waals surface area contributed by atoms with Gasteiger partial charge in [0.15, 0.2) is 0 Å². The molecular weight excluding hydrogens is 540 g/mol. The maximum atomic E-state index is 13.6. The van der Waals surface area contributed by atoms with E-state index in [2.05, 4.69) is 26.2 Å². The molecule has 4 rings (SSSR count). The van der Waals surface area contributed by atoms with Gasteiger partial charge in [-0.25, -0.2) is 13.4 Å². The molecule has 34 heavy (non-hydrogen) atoms. The molecule has 1 saturated heterocycles. The molecule has 1 fully saturated rings. The quantitative estimate of drug-likeness (QED) is 0.500. The molecule has 0 unspecified atom stereocenters. The topological polar surface area (TPSA) is 101 Å². The van der Waals surface area contributed by atoms with Gasteiger partial charge >= 0.3 is 0 Å². The van der Waals surface area contributed by atoms with Crippen LogP contribution in [0.2, 0.25) is 0 Å². The fourth-order valence-corrected chi connectivity index (χ4v) is 8.47. The first kappa shape index (κ1) is 25.0. The summed E-state index contributed by atoms with van der Waals surface area (Å²) in [5, 5.41) is 2.83. The van der Waals surface area contributed by atoms with Crippen LogP contribution in [-0.4, -0.2) is 41.3 Å². The highest BCUT2D eigenvalue weighted by Crippen LogP contribution is 2.35. The molecule has 0 bridgehead atoms. The number of anilines is 1. The van der Waals surface area contributed by atoms with Crippen molar-refractivity contribution in [1.29, 1.82) is 0 Å². The van der Waals surface area contributed by atoms with Gasteiger partial charge in [0, 0.05) is 22.4 Å². The Morgan fingerprint density at radius 1 is 1.24 bits per heavy atom. The zero-order chi connectivity index (χ0) is 24.8. The van der Waals surface area contributed by atoms with Crippen molar-refractivity contribution in [2.24, 2.45) is 11.8 Å². The monoisotopic (exact) mass is 566 g/mol. The Labute approximate surface area is 211 Å². The smallest absolute Gasteiger partial charge is 0.263 e. The van der Waals surface area contributed by atoms with E-state index in [-0.39, 0.29) is 28.7 Å². The van der Waals surface area contributed by atoms with Crippen LogP contribution in [0.1, 0.15) is 30.7 Å². The van der Waals surface area contributed by atoms with Crippen molar-refractivity contribution >= 4 is 59.1 Å².